The first-order chi connectivity index (χ1) is 4.39. The van der Waals surface area contributed by atoms with Crippen molar-refractivity contribution >= 4 is 21.8 Å². The zero-order valence-electron chi connectivity index (χ0n) is 5.41. The summed E-state index contributed by atoms with van der Waals surface area (Å²) in [5, 5.41) is -2.10. The van der Waals surface area contributed by atoms with E-state index in [1.54, 1.807) is 0 Å². The lowest BCUT2D eigenvalue weighted by Crippen LogP contribution is -2.00. The van der Waals surface area contributed by atoms with Gasteiger partial charge in [-0.3, -0.25) is 0 Å². The maximum absolute atomic E-state index is 11.4. The van der Waals surface area contributed by atoms with Crippen LogP contribution in [0.15, 0.2) is 11.5 Å². The molecule has 0 N–H and O–H groups in total. The van der Waals surface area contributed by atoms with Crippen LogP contribution in [0, 0.1) is 0 Å². The minimum absolute atomic E-state index is 0.211. The Morgan fingerprint density at radius 2 is 1.55 bits per heavy atom. The molecule has 0 spiro atoms. The second-order valence-corrected chi connectivity index (χ2v) is 5.05. The number of alkyl halides is 1. The second-order valence-electron chi connectivity index (χ2n) is 2.03. The Morgan fingerprint density at radius 1 is 1.18 bits per heavy atom. The monoisotopic (exact) mass is 216 g/mol. The molecule has 7 heteroatoms. The number of rotatable bonds is 2. The zero-order valence-corrected chi connectivity index (χ0v) is 6.98. The zero-order chi connectivity index (χ0) is 9.40. The quantitative estimate of drug-likeness (QED) is 0.473. The topological polar surface area (TPSA) is 0 Å². The molecule has 70 valence electrons. The van der Waals surface area contributed by atoms with Gasteiger partial charge in [-0.15, -0.1) is 11.6 Å². The number of hydrogen-bond acceptors (Lipinski definition) is 0. The van der Waals surface area contributed by atoms with Gasteiger partial charge in [0.1, 0.15) is 0 Å². The lowest BCUT2D eigenvalue weighted by Gasteiger charge is -2.36. The molecule has 0 aliphatic carbocycles. The molecule has 0 heterocycles. The maximum Gasteiger partial charge on any atom is 0.304 e. The molecule has 0 saturated carbocycles. The van der Waals surface area contributed by atoms with Gasteiger partial charge in [0, 0.05) is 5.38 Å². The molecule has 0 aromatic rings. The van der Waals surface area contributed by atoms with E-state index in [1.165, 1.54) is 0 Å². The van der Waals surface area contributed by atoms with Crippen molar-refractivity contribution < 1.29 is 19.4 Å². The van der Waals surface area contributed by atoms with Crippen LogP contribution in [0.4, 0.5) is 19.4 Å². The van der Waals surface area contributed by atoms with Crippen LogP contribution in [0.1, 0.15) is 6.92 Å². The lowest BCUT2D eigenvalue weighted by molar-refractivity contribution is 0.384. The highest BCUT2D eigenvalue weighted by molar-refractivity contribution is 8.48. The largest absolute Gasteiger partial charge is 0.304 e. The molecule has 0 aliphatic rings. The van der Waals surface area contributed by atoms with E-state index in [9.17, 15) is 19.4 Å². The fourth-order valence-corrected chi connectivity index (χ4v) is 0.948. The number of hydrogen-bond donors (Lipinski definition) is 0. The van der Waals surface area contributed by atoms with E-state index in [-0.39, 0.29) is 6.08 Å². The van der Waals surface area contributed by atoms with Gasteiger partial charge < -0.3 is 0 Å². The van der Waals surface area contributed by atoms with Gasteiger partial charge in [-0.25, -0.2) is 0 Å². The second kappa shape index (κ2) is 2.04. The van der Waals surface area contributed by atoms with Gasteiger partial charge in [0.2, 0.25) is 0 Å². The summed E-state index contributed by atoms with van der Waals surface area (Å²) < 4.78 is 57.2. The molecule has 0 rings (SSSR count). The molecule has 0 radical (unpaired) electrons. The summed E-state index contributed by atoms with van der Waals surface area (Å²) in [5.41, 5.74) is 0. The maximum atomic E-state index is 11.4. The van der Waals surface area contributed by atoms with Crippen molar-refractivity contribution in [2.75, 3.05) is 0 Å². The average Bonchev–Trinajstić information content (AvgIpc) is 1.56. The van der Waals surface area contributed by atoms with Crippen molar-refractivity contribution in [3.05, 3.63) is 11.5 Å². The van der Waals surface area contributed by atoms with Crippen LogP contribution in [0.2, 0.25) is 0 Å². The number of allylic oxidation sites excluding steroid dienone is 1. The van der Waals surface area contributed by atoms with Crippen molar-refractivity contribution in [3.8, 4) is 0 Å². The van der Waals surface area contributed by atoms with E-state index in [4.69, 9.17) is 11.6 Å². The van der Waals surface area contributed by atoms with Gasteiger partial charge in [-0.1, -0.05) is 25.5 Å². The summed E-state index contributed by atoms with van der Waals surface area (Å²) in [7, 11) is -9.37. The SMILES string of the molecule is CC(Cl)/C=C/S(F)(F)(F)(F)F. The normalized spacial score (nSPS) is 22.8. The van der Waals surface area contributed by atoms with Crippen LogP contribution in [-0.4, -0.2) is 5.38 Å². The van der Waals surface area contributed by atoms with Crippen LogP contribution in [0.3, 0.4) is 0 Å². The molecular weight excluding hydrogens is 211 g/mol. The summed E-state index contributed by atoms with van der Waals surface area (Å²) in [6.07, 6.45) is 0.211. The Balaban J connectivity index is 4.64. The highest BCUT2D eigenvalue weighted by Crippen LogP contribution is 2.98. The van der Waals surface area contributed by atoms with Crippen LogP contribution in [-0.2, 0) is 0 Å². The summed E-state index contributed by atoms with van der Waals surface area (Å²) in [5.74, 6) is 0. The van der Waals surface area contributed by atoms with Crippen LogP contribution < -0.4 is 0 Å². The van der Waals surface area contributed by atoms with Gasteiger partial charge in [0.15, 0.2) is 0 Å². The van der Waals surface area contributed by atoms with E-state index >= 15 is 0 Å². The first-order valence-electron chi connectivity index (χ1n) is 2.47. The molecule has 0 saturated heterocycles. The average molecular weight is 217 g/mol. The Hall–Kier alpha value is 0.0300. The Labute approximate surface area is 65.7 Å². The van der Waals surface area contributed by atoms with E-state index in [0.717, 1.165) is 6.92 Å². The molecule has 1 unspecified atom stereocenters. The number of halogens is 6. The third-order valence-electron chi connectivity index (χ3n) is 0.601. The van der Waals surface area contributed by atoms with E-state index in [2.05, 4.69) is 0 Å². The molecule has 0 bridgehead atoms. The molecule has 0 fully saturated rings. The fraction of sp³-hybridized carbons (Fsp3) is 0.500. The summed E-state index contributed by atoms with van der Waals surface area (Å²) >= 11 is 5.01. The molecule has 0 amide bonds. The van der Waals surface area contributed by atoms with Gasteiger partial charge in [-0.2, -0.15) is 0 Å². The minimum Gasteiger partial charge on any atom is -0.119 e. The Kier molecular flexibility index (Phi) is 2.04. The van der Waals surface area contributed by atoms with E-state index in [0.29, 0.717) is 0 Å². The van der Waals surface area contributed by atoms with E-state index < -0.39 is 21.0 Å². The Morgan fingerprint density at radius 3 is 1.64 bits per heavy atom. The van der Waals surface area contributed by atoms with Gasteiger partial charge in [-0.05, 0) is 6.92 Å². The summed E-state index contributed by atoms with van der Waals surface area (Å²) in [6.45, 7) is 1.15. The van der Waals surface area contributed by atoms with Gasteiger partial charge in [0.05, 0.1) is 5.41 Å². The molecular formula is C4H6ClF5S. The molecule has 0 aliphatic heterocycles. The molecule has 0 nitrogen and oxygen atoms in total. The molecule has 11 heavy (non-hydrogen) atoms. The molecule has 1 atom stereocenters. The molecule has 0 aromatic carbocycles. The first-order valence-corrected chi connectivity index (χ1v) is 4.92. The molecule has 0 aromatic heterocycles. The predicted octanol–water partition coefficient (Wildman–Crippen LogP) is 4.43. The van der Waals surface area contributed by atoms with Crippen molar-refractivity contribution in [3.63, 3.8) is 0 Å². The fourth-order valence-electron chi connectivity index (χ4n) is 0.257. The highest BCUT2D eigenvalue weighted by Gasteiger charge is 2.60. The lowest BCUT2D eigenvalue weighted by atomic mass is 10.5. The van der Waals surface area contributed by atoms with Crippen molar-refractivity contribution in [1.29, 1.82) is 0 Å². The first kappa shape index (κ1) is 11.0. The summed E-state index contributed by atoms with van der Waals surface area (Å²) in [4.78, 5) is 0. The highest BCUT2D eigenvalue weighted by atomic mass is 35.5. The third-order valence-corrected chi connectivity index (χ3v) is 1.42. The summed E-state index contributed by atoms with van der Waals surface area (Å²) in [6, 6.07) is 0. The standard InChI is InChI=1S/C4H6ClF5S/c1-4(5)2-3-11(6,7,8,9)10/h2-4H,1H3/b3-2+. The smallest absolute Gasteiger partial charge is 0.119 e. The third kappa shape index (κ3) is 10.0. The van der Waals surface area contributed by atoms with Crippen LogP contribution in [0.5, 0.6) is 0 Å². The van der Waals surface area contributed by atoms with Gasteiger partial charge in [0.25, 0.3) is 0 Å². The van der Waals surface area contributed by atoms with Crippen LogP contribution in [0.25, 0.3) is 0 Å². The predicted molar refractivity (Wildman–Crippen MR) is 37.6 cm³/mol. The Bertz CT molecular complexity index is 176. The van der Waals surface area contributed by atoms with E-state index in [1.807, 2.05) is 0 Å². The van der Waals surface area contributed by atoms with Gasteiger partial charge >= 0.3 is 10.2 Å². The van der Waals surface area contributed by atoms with Crippen LogP contribution >= 0.6 is 21.8 Å². The van der Waals surface area contributed by atoms with Crippen molar-refractivity contribution in [1.82, 2.24) is 0 Å². The van der Waals surface area contributed by atoms with Crippen molar-refractivity contribution in [2.24, 2.45) is 0 Å². The minimum atomic E-state index is -9.37. The van der Waals surface area contributed by atoms with Crippen molar-refractivity contribution in [2.45, 2.75) is 12.3 Å².